The summed E-state index contributed by atoms with van der Waals surface area (Å²) in [7, 11) is 0. The summed E-state index contributed by atoms with van der Waals surface area (Å²) in [5.41, 5.74) is 0. The Morgan fingerprint density at radius 2 is 2.07 bits per heavy atom. The smallest absolute Gasteiger partial charge is 0.0666 e. The maximum atomic E-state index is 5.57. The quantitative estimate of drug-likeness (QED) is 0.759. The Kier molecular flexibility index (Phi) is 6.02. The molecule has 1 heterocycles. The molecule has 90 valence electrons. The van der Waals surface area contributed by atoms with E-state index in [1.54, 1.807) is 0 Å². The van der Waals surface area contributed by atoms with Crippen molar-refractivity contribution in [2.45, 2.75) is 50.7 Å². The summed E-state index contributed by atoms with van der Waals surface area (Å²) < 4.78 is 5.57. The van der Waals surface area contributed by atoms with Crippen LogP contribution in [0.15, 0.2) is 0 Å². The van der Waals surface area contributed by atoms with Gasteiger partial charge in [-0.1, -0.05) is 20.8 Å². The van der Waals surface area contributed by atoms with E-state index >= 15 is 0 Å². The zero-order chi connectivity index (χ0) is 11.3. The third-order valence-electron chi connectivity index (χ3n) is 2.70. The number of nitrogens with one attached hydrogen (secondary N) is 1. The summed E-state index contributed by atoms with van der Waals surface area (Å²) in [6, 6.07) is 0. The van der Waals surface area contributed by atoms with Gasteiger partial charge in [-0.15, -0.1) is 0 Å². The molecule has 0 aromatic heterocycles. The van der Waals surface area contributed by atoms with E-state index in [0.29, 0.717) is 16.6 Å². The molecule has 1 rings (SSSR count). The Labute approximate surface area is 98.5 Å². The molecule has 3 unspecified atom stereocenters. The molecule has 0 aliphatic carbocycles. The fraction of sp³-hybridized carbons (Fsp3) is 1.00. The Morgan fingerprint density at radius 1 is 1.33 bits per heavy atom. The van der Waals surface area contributed by atoms with Gasteiger partial charge in [0, 0.05) is 23.7 Å². The second-order valence-electron chi connectivity index (χ2n) is 4.90. The van der Waals surface area contributed by atoms with Crippen molar-refractivity contribution in [3.05, 3.63) is 0 Å². The van der Waals surface area contributed by atoms with Crippen LogP contribution in [0, 0.1) is 5.92 Å². The summed E-state index contributed by atoms with van der Waals surface area (Å²) in [6.07, 6.45) is 1.67. The summed E-state index contributed by atoms with van der Waals surface area (Å²) in [5, 5.41) is 4.91. The molecule has 2 nitrogen and oxygen atoms in total. The zero-order valence-corrected chi connectivity index (χ0v) is 11.3. The van der Waals surface area contributed by atoms with Gasteiger partial charge in [-0.05, 0) is 25.8 Å². The zero-order valence-electron chi connectivity index (χ0n) is 10.5. The summed E-state index contributed by atoms with van der Waals surface area (Å²) >= 11 is 2.08. The number of ether oxygens (including phenoxy) is 1. The SMILES string of the molecule is CC(C)CNCC(C)SC1CCOC1C. The Bertz CT molecular complexity index is 175. The highest BCUT2D eigenvalue weighted by Crippen LogP contribution is 2.29. The summed E-state index contributed by atoms with van der Waals surface area (Å²) in [4.78, 5) is 0. The number of thioether (sulfide) groups is 1. The predicted octanol–water partition coefficient (Wildman–Crippen LogP) is 2.53. The van der Waals surface area contributed by atoms with E-state index in [-0.39, 0.29) is 0 Å². The molecule has 1 aliphatic rings. The van der Waals surface area contributed by atoms with Crippen molar-refractivity contribution in [2.75, 3.05) is 19.7 Å². The molecule has 0 aromatic carbocycles. The van der Waals surface area contributed by atoms with E-state index in [2.05, 4.69) is 44.8 Å². The van der Waals surface area contributed by atoms with Crippen LogP contribution in [0.1, 0.15) is 34.1 Å². The average Bonchev–Trinajstić information content (AvgIpc) is 2.51. The largest absolute Gasteiger partial charge is 0.377 e. The Morgan fingerprint density at radius 3 is 2.60 bits per heavy atom. The third kappa shape index (κ3) is 5.23. The lowest BCUT2D eigenvalue weighted by Gasteiger charge is -2.19. The minimum Gasteiger partial charge on any atom is -0.377 e. The van der Waals surface area contributed by atoms with E-state index in [1.165, 1.54) is 6.42 Å². The predicted molar refractivity (Wildman–Crippen MR) is 68.6 cm³/mol. The second-order valence-corrected chi connectivity index (χ2v) is 6.58. The van der Waals surface area contributed by atoms with Crippen LogP contribution in [-0.4, -0.2) is 36.3 Å². The first-order chi connectivity index (χ1) is 7.09. The van der Waals surface area contributed by atoms with Crippen LogP contribution in [-0.2, 0) is 4.74 Å². The van der Waals surface area contributed by atoms with Gasteiger partial charge in [-0.2, -0.15) is 11.8 Å². The normalized spacial score (nSPS) is 28.6. The lowest BCUT2D eigenvalue weighted by atomic mass is 10.2. The van der Waals surface area contributed by atoms with E-state index in [4.69, 9.17) is 4.74 Å². The molecule has 0 bridgehead atoms. The molecule has 0 spiro atoms. The van der Waals surface area contributed by atoms with Crippen molar-refractivity contribution in [1.82, 2.24) is 5.32 Å². The second kappa shape index (κ2) is 6.77. The summed E-state index contributed by atoms with van der Waals surface area (Å²) in [5.74, 6) is 0.746. The first-order valence-electron chi connectivity index (χ1n) is 6.07. The van der Waals surface area contributed by atoms with E-state index in [1.807, 2.05) is 0 Å². The van der Waals surface area contributed by atoms with Crippen molar-refractivity contribution in [2.24, 2.45) is 5.92 Å². The molecule has 1 aliphatic heterocycles. The van der Waals surface area contributed by atoms with E-state index < -0.39 is 0 Å². The molecule has 15 heavy (non-hydrogen) atoms. The lowest BCUT2D eigenvalue weighted by Crippen LogP contribution is -2.28. The Balaban J connectivity index is 2.09. The third-order valence-corrected chi connectivity index (χ3v) is 4.30. The van der Waals surface area contributed by atoms with Crippen molar-refractivity contribution < 1.29 is 4.74 Å². The molecule has 1 N–H and O–H groups in total. The van der Waals surface area contributed by atoms with Crippen LogP contribution in [0.2, 0.25) is 0 Å². The molecule has 3 heteroatoms. The first kappa shape index (κ1) is 13.3. The minimum absolute atomic E-state index is 0.447. The minimum atomic E-state index is 0.447. The maximum Gasteiger partial charge on any atom is 0.0666 e. The van der Waals surface area contributed by atoms with Crippen LogP contribution >= 0.6 is 11.8 Å². The van der Waals surface area contributed by atoms with Crippen molar-refractivity contribution in [3.8, 4) is 0 Å². The maximum absolute atomic E-state index is 5.57. The van der Waals surface area contributed by atoms with Crippen LogP contribution in [0.3, 0.4) is 0 Å². The lowest BCUT2D eigenvalue weighted by molar-refractivity contribution is 0.127. The van der Waals surface area contributed by atoms with Crippen LogP contribution in [0.5, 0.6) is 0 Å². The van der Waals surface area contributed by atoms with Gasteiger partial charge in [-0.3, -0.25) is 0 Å². The van der Waals surface area contributed by atoms with Gasteiger partial charge < -0.3 is 10.1 Å². The fourth-order valence-electron chi connectivity index (χ4n) is 1.81. The van der Waals surface area contributed by atoms with Gasteiger partial charge in [0.15, 0.2) is 0 Å². The monoisotopic (exact) mass is 231 g/mol. The van der Waals surface area contributed by atoms with E-state index in [0.717, 1.165) is 25.6 Å². The summed E-state index contributed by atoms with van der Waals surface area (Å²) in [6.45, 7) is 12.2. The molecule has 1 fully saturated rings. The highest BCUT2D eigenvalue weighted by atomic mass is 32.2. The topological polar surface area (TPSA) is 21.3 Å². The van der Waals surface area contributed by atoms with Gasteiger partial charge in [-0.25, -0.2) is 0 Å². The standard InChI is InChI=1S/C12H25NOS/c1-9(2)7-13-8-10(3)15-12-5-6-14-11(12)4/h9-13H,5-8H2,1-4H3. The first-order valence-corrected chi connectivity index (χ1v) is 7.01. The molecule has 0 aromatic rings. The van der Waals surface area contributed by atoms with Crippen LogP contribution in [0.25, 0.3) is 0 Å². The Hall–Kier alpha value is 0.270. The van der Waals surface area contributed by atoms with Gasteiger partial charge in [0.2, 0.25) is 0 Å². The molecular formula is C12H25NOS. The average molecular weight is 231 g/mol. The van der Waals surface area contributed by atoms with Crippen molar-refractivity contribution >= 4 is 11.8 Å². The van der Waals surface area contributed by atoms with Gasteiger partial charge in [0.25, 0.3) is 0 Å². The molecule has 0 saturated carbocycles. The van der Waals surface area contributed by atoms with Crippen LogP contribution < -0.4 is 5.32 Å². The molecule has 0 radical (unpaired) electrons. The van der Waals surface area contributed by atoms with Crippen molar-refractivity contribution in [3.63, 3.8) is 0 Å². The van der Waals surface area contributed by atoms with Gasteiger partial charge >= 0.3 is 0 Å². The number of rotatable bonds is 6. The highest BCUT2D eigenvalue weighted by molar-refractivity contribution is 8.00. The molecule has 1 saturated heterocycles. The highest BCUT2D eigenvalue weighted by Gasteiger charge is 2.26. The van der Waals surface area contributed by atoms with E-state index in [9.17, 15) is 0 Å². The number of hydrogen-bond donors (Lipinski definition) is 1. The molecule has 3 atom stereocenters. The van der Waals surface area contributed by atoms with Gasteiger partial charge in [0.1, 0.15) is 0 Å². The fourth-order valence-corrected chi connectivity index (χ4v) is 3.16. The van der Waals surface area contributed by atoms with Crippen molar-refractivity contribution in [1.29, 1.82) is 0 Å². The van der Waals surface area contributed by atoms with Gasteiger partial charge in [0.05, 0.1) is 6.10 Å². The van der Waals surface area contributed by atoms with Crippen LogP contribution in [0.4, 0.5) is 0 Å². The molecule has 0 amide bonds. The molecular weight excluding hydrogens is 206 g/mol. The number of hydrogen-bond acceptors (Lipinski definition) is 3.